The van der Waals surface area contributed by atoms with Crippen LogP contribution in [0.25, 0.3) is 10.9 Å². The first-order valence-corrected chi connectivity index (χ1v) is 9.63. The molecule has 156 valence electrons. The lowest BCUT2D eigenvalue weighted by Gasteiger charge is -2.12. The van der Waals surface area contributed by atoms with Gasteiger partial charge in [-0.3, -0.25) is 9.59 Å². The number of hydrogen-bond donors (Lipinski definition) is 3. The van der Waals surface area contributed by atoms with E-state index in [1.165, 1.54) is 12.1 Å². The lowest BCUT2D eigenvalue weighted by Crippen LogP contribution is -2.23. The van der Waals surface area contributed by atoms with Gasteiger partial charge >= 0.3 is 0 Å². The normalized spacial score (nSPS) is 10.8. The average Bonchev–Trinajstić information content (AvgIpc) is 3.23. The van der Waals surface area contributed by atoms with Crippen molar-refractivity contribution >= 4 is 28.4 Å². The molecule has 0 radical (unpaired) electrons. The van der Waals surface area contributed by atoms with Gasteiger partial charge in [0.25, 0.3) is 11.8 Å². The summed E-state index contributed by atoms with van der Waals surface area (Å²) in [5.74, 6) is -3.17. The predicted molar refractivity (Wildman–Crippen MR) is 115 cm³/mol. The second-order valence-electron chi connectivity index (χ2n) is 7.12. The van der Waals surface area contributed by atoms with Crippen LogP contribution in [0, 0.1) is 18.6 Å². The monoisotopic (exact) mass is 419 g/mol. The first kappa shape index (κ1) is 20.3. The van der Waals surface area contributed by atoms with Crippen molar-refractivity contribution in [1.29, 1.82) is 0 Å². The zero-order valence-corrected chi connectivity index (χ0v) is 16.6. The lowest BCUT2D eigenvalue weighted by molar-refractivity contribution is 0.0949. The highest BCUT2D eigenvalue weighted by Crippen LogP contribution is 2.21. The molecular formula is C24H19F2N3O2. The Morgan fingerprint density at radius 3 is 2.45 bits per heavy atom. The summed E-state index contributed by atoms with van der Waals surface area (Å²) in [7, 11) is 0. The fourth-order valence-electron chi connectivity index (χ4n) is 3.38. The zero-order chi connectivity index (χ0) is 22.0. The fraction of sp³-hybridized carbons (Fsp3) is 0.0833. The smallest absolute Gasteiger partial charge is 0.261 e. The number of H-pyrrole nitrogens is 1. The number of aromatic amines is 1. The van der Waals surface area contributed by atoms with Crippen LogP contribution in [0.3, 0.4) is 0 Å². The van der Waals surface area contributed by atoms with Gasteiger partial charge in [-0.2, -0.15) is 0 Å². The number of fused-ring (bicyclic) bond motifs is 1. The first-order valence-electron chi connectivity index (χ1n) is 9.63. The molecule has 0 aliphatic heterocycles. The molecule has 4 rings (SSSR count). The number of amides is 2. The maximum atomic E-state index is 13.9. The van der Waals surface area contributed by atoms with Crippen LogP contribution in [0.1, 0.15) is 31.8 Å². The Balaban J connectivity index is 1.51. The molecule has 0 aliphatic carbocycles. The van der Waals surface area contributed by atoms with Crippen molar-refractivity contribution in [2.24, 2.45) is 0 Å². The maximum absolute atomic E-state index is 13.9. The molecule has 31 heavy (non-hydrogen) atoms. The zero-order valence-electron chi connectivity index (χ0n) is 16.6. The number of halogens is 2. The van der Waals surface area contributed by atoms with Crippen molar-refractivity contribution in [3.8, 4) is 0 Å². The third-order valence-corrected chi connectivity index (χ3v) is 5.06. The predicted octanol–water partition coefficient (Wildman–Crippen LogP) is 4.94. The number of rotatable bonds is 5. The number of carbonyl (C=O) groups excluding carboxylic acids is 2. The van der Waals surface area contributed by atoms with E-state index in [0.717, 1.165) is 28.6 Å². The minimum Gasteiger partial charge on any atom is -0.361 e. The van der Waals surface area contributed by atoms with Gasteiger partial charge in [-0.25, -0.2) is 8.78 Å². The van der Waals surface area contributed by atoms with Crippen LogP contribution >= 0.6 is 0 Å². The molecular weight excluding hydrogens is 400 g/mol. The van der Waals surface area contributed by atoms with Gasteiger partial charge in [-0.15, -0.1) is 0 Å². The van der Waals surface area contributed by atoms with Crippen LogP contribution in [0.5, 0.6) is 0 Å². The number of carbonyl (C=O) groups is 2. The van der Waals surface area contributed by atoms with Gasteiger partial charge < -0.3 is 15.6 Å². The number of nitrogens with one attached hydrogen (secondary N) is 3. The maximum Gasteiger partial charge on any atom is 0.261 e. The Morgan fingerprint density at radius 2 is 1.68 bits per heavy atom. The standard InChI is InChI=1S/C24H19F2N3O2/c1-14-8-9-15(12-21(14)29-24(31)22-18(25)5-3-6-19(22)26)23(30)28-13-16-4-2-7-20-17(16)10-11-27-20/h2-12,27H,13H2,1H3,(H,28,30)(H,29,31). The van der Waals surface area contributed by atoms with E-state index >= 15 is 0 Å². The Bertz CT molecular complexity index is 1280. The van der Waals surface area contributed by atoms with Crippen LogP contribution in [0.4, 0.5) is 14.5 Å². The number of hydrogen-bond acceptors (Lipinski definition) is 2. The van der Waals surface area contributed by atoms with Crippen LogP contribution < -0.4 is 10.6 Å². The van der Waals surface area contributed by atoms with Gasteiger partial charge in [0.15, 0.2) is 0 Å². The van der Waals surface area contributed by atoms with Crippen LogP contribution in [0.15, 0.2) is 66.9 Å². The van der Waals surface area contributed by atoms with Gasteiger partial charge in [-0.1, -0.05) is 24.3 Å². The SMILES string of the molecule is Cc1ccc(C(=O)NCc2cccc3[nH]ccc23)cc1NC(=O)c1c(F)cccc1F. The number of aromatic nitrogens is 1. The van der Waals surface area contributed by atoms with E-state index in [-0.39, 0.29) is 5.91 Å². The lowest BCUT2D eigenvalue weighted by atomic mass is 10.1. The minimum atomic E-state index is -0.956. The van der Waals surface area contributed by atoms with Crippen molar-refractivity contribution in [2.45, 2.75) is 13.5 Å². The summed E-state index contributed by atoms with van der Waals surface area (Å²) in [5.41, 5.74) is 2.54. The van der Waals surface area contributed by atoms with Crippen molar-refractivity contribution in [3.05, 3.63) is 101 Å². The Hall–Kier alpha value is -4.00. The highest BCUT2D eigenvalue weighted by atomic mass is 19.1. The van der Waals surface area contributed by atoms with Crippen LogP contribution in [-0.2, 0) is 6.54 Å². The highest BCUT2D eigenvalue weighted by molar-refractivity contribution is 6.06. The molecule has 3 aromatic carbocycles. The number of aryl methyl sites for hydroxylation is 1. The molecule has 0 fully saturated rings. The quantitative estimate of drug-likeness (QED) is 0.429. The highest BCUT2D eigenvalue weighted by Gasteiger charge is 2.18. The fourth-order valence-corrected chi connectivity index (χ4v) is 3.38. The molecule has 4 aromatic rings. The summed E-state index contributed by atoms with van der Waals surface area (Å²) >= 11 is 0. The summed E-state index contributed by atoms with van der Waals surface area (Å²) in [6, 6.07) is 15.7. The second kappa shape index (κ2) is 8.39. The molecule has 1 aromatic heterocycles. The summed E-state index contributed by atoms with van der Waals surface area (Å²) < 4.78 is 27.8. The van der Waals surface area contributed by atoms with E-state index in [1.807, 2.05) is 30.5 Å². The largest absolute Gasteiger partial charge is 0.361 e. The van der Waals surface area contributed by atoms with Gasteiger partial charge in [0.05, 0.1) is 0 Å². The Morgan fingerprint density at radius 1 is 0.935 bits per heavy atom. The molecule has 0 saturated carbocycles. The van der Waals surface area contributed by atoms with E-state index < -0.39 is 23.1 Å². The van der Waals surface area contributed by atoms with E-state index in [9.17, 15) is 18.4 Å². The number of anilines is 1. The molecule has 1 heterocycles. The molecule has 5 nitrogen and oxygen atoms in total. The van der Waals surface area contributed by atoms with Gasteiger partial charge in [0.1, 0.15) is 17.2 Å². The molecule has 2 amide bonds. The van der Waals surface area contributed by atoms with E-state index in [1.54, 1.807) is 19.1 Å². The third kappa shape index (κ3) is 4.16. The molecule has 7 heteroatoms. The van der Waals surface area contributed by atoms with E-state index in [0.29, 0.717) is 23.4 Å². The Labute approximate surface area is 177 Å². The van der Waals surface area contributed by atoms with Crippen molar-refractivity contribution < 1.29 is 18.4 Å². The van der Waals surface area contributed by atoms with Crippen LogP contribution in [-0.4, -0.2) is 16.8 Å². The van der Waals surface area contributed by atoms with E-state index in [4.69, 9.17) is 0 Å². The van der Waals surface area contributed by atoms with Crippen molar-refractivity contribution in [3.63, 3.8) is 0 Å². The van der Waals surface area contributed by atoms with Crippen molar-refractivity contribution in [2.75, 3.05) is 5.32 Å². The van der Waals surface area contributed by atoms with Gasteiger partial charge in [0.2, 0.25) is 0 Å². The van der Waals surface area contributed by atoms with Gasteiger partial charge in [0, 0.05) is 34.9 Å². The topological polar surface area (TPSA) is 74.0 Å². The third-order valence-electron chi connectivity index (χ3n) is 5.06. The van der Waals surface area contributed by atoms with Crippen molar-refractivity contribution in [1.82, 2.24) is 10.3 Å². The Kier molecular flexibility index (Phi) is 5.49. The molecule has 0 atom stereocenters. The summed E-state index contributed by atoms with van der Waals surface area (Å²) in [6.45, 7) is 2.05. The molecule has 0 spiro atoms. The number of benzene rings is 3. The second-order valence-corrected chi connectivity index (χ2v) is 7.12. The summed E-state index contributed by atoms with van der Waals surface area (Å²) in [5, 5.41) is 6.38. The first-order chi connectivity index (χ1) is 14.9. The average molecular weight is 419 g/mol. The van der Waals surface area contributed by atoms with E-state index in [2.05, 4.69) is 15.6 Å². The van der Waals surface area contributed by atoms with Gasteiger partial charge in [-0.05, 0) is 54.4 Å². The summed E-state index contributed by atoms with van der Waals surface area (Å²) in [6.07, 6.45) is 1.84. The molecule has 0 saturated heterocycles. The van der Waals surface area contributed by atoms with Crippen LogP contribution in [0.2, 0.25) is 0 Å². The minimum absolute atomic E-state index is 0.299. The summed E-state index contributed by atoms with van der Waals surface area (Å²) in [4.78, 5) is 28.2. The molecule has 3 N–H and O–H groups in total. The molecule has 0 aliphatic rings. The molecule has 0 bridgehead atoms. The molecule has 0 unspecified atom stereocenters.